The Bertz CT molecular complexity index is 727. The number of benzene rings is 1. The zero-order chi connectivity index (χ0) is 17.1. The van der Waals surface area contributed by atoms with E-state index in [9.17, 15) is 16.8 Å². The highest BCUT2D eigenvalue weighted by atomic mass is 35.5. The smallest absolute Gasteiger partial charge is 0.224 e. The summed E-state index contributed by atoms with van der Waals surface area (Å²) in [6.07, 6.45) is 2.60. The summed E-state index contributed by atoms with van der Waals surface area (Å²) in [5.74, 6) is 0.476. The molecule has 0 spiro atoms. The predicted molar refractivity (Wildman–Crippen MR) is 88.4 cm³/mol. The first-order valence-corrected chi connectivity index (χ1v) is 10.7. The Labute approximate surface area is 138 Å². The van der Waals surface area contributed by atoms with Crippen LogP contribution in [0.15, 0.2) is 28.0 Å². The molecule has 0 unspecified atom stereocenters. The Morgan fingerprint density at radius 1 is 1.09 bits per heavy atom. The quantitative estimate of drug-likeness (QED) is 0.803. The third-order valence-corrected chi connectivity index (χ3v) is 6.34. The molecule has 0 aliphatic heterocycles. The summed E-state index contributed by atoms with van der Waals surface area (Å²) in [6.45, 7) is 5.90. The van der Waals surface area contributed by atoms with Crippen LogP contribution in [0, 0.1) is 5.92 Å². The summed E-state index contributed by atoms with van der Waals surface area (Å²) in [7, 11) is -7.37. The van der Waals surface area contributed by atoms with Gasteiger partial charge in [0.1, 0.15) is 4.90 Å². The number of sulfonamides is 1. The second-order valence-electron chi connectivity index (χ2n) is 5.86. The molecular weight excluding hydrogens is 346 g/mol. The lowest BCUT2D eigenvalue weighted by molar-refractivity contribution is 0.485. The number of halogens is 1. The Balaban J connectivity index is 3.07. The normalized spacial score (nSPS) is 14.3. The fourth-order valence-corrected chi connectivity index (χ4v) is 4.42. The molecule has 0 radical (unpaired) electrons. The summed E-state index contributed by atoms with van der Waals surface area (Å²) >= 11 is 5.93. The highest BCUT2D eigenvalue weighted by molar-refractivity contribution is 7.91. The molecule has 8 heteroatoms. The molecule has 0 amide bonds. The highest BCUT2D eigenvalue weighted by Crippen LogP contribution is 2.25. The monoisotopic (exact) mass is 367 g/mol. The van der Waals surface area contributed by atoms with E-state index in [0.29, 0.717) is 12.3 Å². The molecule has 1 aromatic carbocycles. The van der Waals surface area contributed by atoms with Crippen molar-refractivity contribution in [2.24, 2.45) is 5.92 Å². The Hall–Kier alpha value is -0.630. The number of hydrogen-bond donors (Lipinski definition) is 1. The van der Waals surface area contributed by atoms with Crippen molar-refractivity contribution in [2.75, 3.05) is 6.26 Å². The lowest BCUT2D eigenvalue weighted by atomic mass is 10.1. The van der Waals surface area contributed by atoms with Crippen LogP contribution < -0.4 is 4.72 Å². The topological polar surface area (TPSA) is 80.3 Å². The molecule has 0 aliphatic rings. The van der Waals surface area contributed by atoms with Gasteiger partial charge in [-0.3, -0.25) is 0 Å². The second kappa shape index (κ2) is 7.29. The zero-order valence-corrected chi connectivity index (χ0v) is 15.5. The van der Waals surface area contributed by atoms with Crippen molar-refractivity contribution in [2.45, 2.75) is 49.4 Å². The van der Waals surface area contributed by atoms with E-state index in [-0.39, 0.29) is 20.9 Å². The van der Waals surface area contributed by atoms with Gasteiger partial charge >= 0.3 is 0 Å². The summed E-state index contributed by atoms with van der Waals surface area (Å²) in [6, 6.07) is 3.41. The van der Waals surface area contributed by atoms with Crippen molar-refractivity contribution in [1.82, 2.24) is 4.72 Å². The van der Waals surface area contributed by atoms with Crippen LogP contribution in [0.25, 0.3) is 0 Å². The Morgan fingerprint density at radius 2 is 1.68 bits per heavy atom. The maximum absolute atomic E-state index is 12.4. The predicted octanol–water partition coefficient (Wildman–Crippen LogP) is 2.85. The van der Waals surface area contributed by atoms with E-state index in [1.807, 2.05) is 0 Å². The van der Waals surface area contributed by atoms with Crippen molar-refractivity contribution in [3.8, 4) is 0 Å². The first-order chi connectivity index (χ1) is 9.93. The zero-order valence-electron chi connectivity index (χ0n) is 13.1. The maximum Gasteiger partial charge on any atom is 0.242 e. The van der Waals surface area contributed by atoms with E-state index >= 15 is 0 Å². The fraction of sp³-hybridized carbons (Fsp3) is 0.571. The molecule has 0 aliphatic carbocycles. The van der Waals surface area contributed by atoms with Gasteiger partial charge in [-0.25, -0.2) is 21.6 Å². The molecule has 5 nitrogen and oxygen atoms in total. The minimum Gasteiger partial charge on any atom is -0.224 e. The molecule has 1 rings (SSSR count). The summed E-state index contributed by atoms with van der Waals surface area (Å²) in [5, 5.41) is -0.00374. The van der Waals surface area contributed by atoms with Crippen LogP contribution in [0.1, 0.15) is 33.6 Å². The first kappa shape index (κ1) is 19.4. The van der Waals surface area contributed by atoms with Gasteiger partial charge in [-0.1, -0.05) is 25.4 Å². The van der Waals surface area contributed by atoms with E-state index < -0.39 is 19.9 Å². The summed E-state index contributed by atoms with van der Waals surface area (Å²) < 4.78 is 50.5. The van der Waals surface area contributed by atoms with Crippen molar-refractivity contribution < 1.29 is 16.8 Å². The van der Waals surface area contributed by atoms with Gasteiger partial charge in [0.2, 0.25) is 10.0 Å². The lowest BCUT2D eigenvalue weighted by Crippen LogP contribution is -2.33. The number of nitrogens with one attached hydrogen (secondary N) is 1. The minimum absolute atomic E-state index is 0.00374. The summed E-state index contributed by atoms with van der Waals surface area (Å²) in [4.78, 5) is -0.291. The Kier molecular flexibility index (Phi) is 6.44. The average Bonchev–Trinajstić information content (AvgIpc) is 2.34. The van der Waals surface area contributed by atoms with Gasteiger partial charge in [0, 0.05) is 12.3 Å². The standard InChI is InChI=1S/C14H22ClNO4S2/c1-10(2)5-6-11(3)16-22(19,20)14-9-12(21(4,17)18)7-8-13(14)15/h7-11,16H,5-6H2,1-4H3/t11-/m1/s1. The fourth-order valence-electron chi connectivity index (χ4n) is 1.89. The van der Waals surface area contributed by atoms with Gasteiger partial charge in [0.05, 0.1) is 9.92 Å². The van der Waals surface area contributed by atoms with Crippen LogP contribution in [-0.4, -0.2) is 29.1 Å². The van der Waals surface area contributed by atoms with Crippen LogP contribution in [-0.2, 0) is 19.9 Å². The van der Waals surface area contributed by atoms with Gasteiger partial charge in [-0.2, -0.15) is 0 Å². The molecule has 0 saturated carbocycles. The van der Waals surface area contributed by atoms with Crippen LogP contribution in [0.4, 0.5) is 0 Å². The molecule has 1 atom stereocenters. The van der Waals surface area contributed by atoms with E-state index in [1.165, 1.54) is 12.1 Å². The molecule has 0 saturated heterocycles. The van der Waals surface area contributed by atoms with E-state index in [4.69, 9.17) is 11.6 Å². The van der Waals surface area contributed by atoms with Gasteiger partial charge in [0.25, 0.3) is 0 Å². The van der Waals surface area contributed by atoms with Crippen LogP contribution in [0.5, 0.6) is 0 Å². The maximum atomic E-state index is 12.4. The molecule has 0 aromatic heterocycles. The molecule has 0 bridgehead atoms. The molecule has 0 fully saturated rings. The van der Waals surface area contributed by atoms with Crippen molar-refractivity contribution in [1.29, 1.82) is 0 Å². The number of sulfone groups is 1. The molecule has 1 N–H and O–H groups in total. The van der Waals surface area contributed by atoms with Crippen molar-refractivity contribution in [3.05, 3.63) is 23.2 Å². The third-order valence-electron chi connectivity index (χ3n) is 3.15. The number of rotatable bonds is 7. The highest BCUT2D eigenvalue weighted by Gasteiger charge is 2.22. The van der Waals surface area contributed by atoms with Gasteiger partial charge < -0.3 is 0 Å². The van der Waals surface area contributed by atoms with Gasteiger partial charge in [-0.15, -0.1) is 0 Å². The number of hydrogen-bond acceptors (Lipinski definition) is 4. The van der Waals surface area contributed by atoms with E-state index in [1.54, 1.807) is 6.92 Å². The average molecular weight is 368 g/mol. The SMILES string of the molecule is CC(C)CC[C@@H](C)NS(=O)(=O)c1cc(S(C)(=O)=O)ccc1Cl. The Morgan fingerprint density at radius 3 is 2.18 bits per heavy atom. The van der Waals surface area contributed by atoms with Crippen LogP contribution >= 0.6 is 11.6 Å². The van der Waals surface area contributed by atoms with E-state index in [2.05, 4.69) is 18.6 Å². The second-order valence-corrected chi connectivity index (χ2v) is 9.96. The summed E-state index contributed by atoms with van der Waals surface area (Å²) in [5.41, 5.74) is 0. The largest absolute Gasteiger partial charge is 0.242 e. The van der Waals surface area contributed by atoms with Gasteiger partial charge in [0.15, 0.2) is 9.84 Å². The lowest BCUT2D eigenvalue weighted by Gasteiger charge is -2.16. The van der Waals surface area contributed by atoms with E-state index in [0.717, 1.165) is 18.7 Å². The van der Waals surface area contributed by atoms with Crippen LogP contribution in [0.3, 0.4) is 0 Å². The molecule has 126 valence electrons. The third kappa shape index (κ3) is 5.53. The first-order valence-electron chi connectivity index (χ1n) is 6.95. The van der Waals surface area contributed by atoms with Gasteiger partial charge in [-0.05, 0) is 43.9 Å². The molecule has 1 aromatic rings. The molecule has 0 heterocycles. The van der Waals surface area contributed by atoms with Crippen LogP contribution in [0.2, 0.25) is 5.02 Å². The van der Waals surface area contributed by atoms with Crippen molar-refractivity contribution in [3.63, 3.8) is 0 Å². The molecule has 22 heavy (non-hydrogen) atoms. The van der Waals surface area contributed by atoms with Crippen molar-refractivity contribution >= 4 is 31.5 Å². The molecular formula is C14H22ClNO4S2. The minimum atomic E-state index is -3.87.